The van der Waals surface area contributed by atoms with Gasteiger partial charge < -0.3 is 9.72 Å². The number of nitrogens with one attached hydrogen (secondary N) is 1. The third-order valence-electron chi connectivity index (χ3n) is 6.05. The number of amides is 1. The van der Waals surface area contributed by atoms with Gasteiger partial charge in [0.1, 0.15) is 5.65 Å². The van der Waals surface area contributed by atoms with Crippen LogP contribution in [-0.2, 0) is 4.79 Å². The lowest BCUT2D eigenvalue weighted by molar-refractivity contribution is -0.122. The van der Waals surface area contributed by atoms with Gasteiger partial charge in [-0.2, -0.15) is 0 Å². The number of aryl methyl sites for hydroxylation is 1. The van der Waals surface area contributed by atoms with E-state index in [1.165, 1.54) is 11.1 Å². The number of pyridine rings is 1. The number of allylic oxidation sites excluding steroid dienone is 5. The molecule has 0 aliphatic carbocycles. The minimum Gasteiger partial charge on any atom is -0.313 e. The Morgan fingerprint density at radius 2 is 2.07 bits per heavy atom. The van der Waals surface area contributed by atoms with Crippen LogP contribution >= 0.6 is 0 Å². The maximum absolute atomic E-state index is 13.3. The summed E-state index contributed by atoms with van der Waals surface area (Å²) in [5.41, 5.74) is 7.42. The van der Waals surface area contributed by atoms with Crippen LogP contribution in [0.4, 0.5) is 0 Å². The molecule has 0 saturated heterocycles. The molecule has 0 bridgehead atoms. The largest absolute Gasteiger partial charge is 0.313 e. The van der Waals surface area contributed by atoms with Crippen LogP contribution in [-0.4, -0.2) is 33.3 Å². The summed E-state index contributed by atoms with van der Waals surface area (Å²) in [6, 6.07) is 4.07. The first-order valence-corrected chi connectivity index (χ1v) is 10.6. The zero-order chi connectivity index (χ0) is 20.7. The molecule has 5 heteroatoms. The number of carbonyl (C=O) groups excluding carboxylic acids is 1. The topological polar surface area (TPSA) is 49.6 Å². The van der Waals surface area contributed by atoms with Gasteiger partial charge in [-0.1, -0.05) is 25.2 Å². The highest BCUT2D eigenvalue weighted by molar-refractivity contribution is 5.94. The summed E-state index contributed by atoms with van der Waals surface area (Å²) in [4.78, 5) is 19.5. The molecule has 0 saturated carbocycles. The van der Waals surface area contributed by atoms with Crippen LogP contribution in [0.5, 0.6) is 0 Å². The lowest BCUT2D eigenvalue weighted by Crippen LogP contribution is -2.28. The average molecular weight is 399 g/mol. The van der Waals surface area contributed by atoms with Crippen LogP contribution in [0.3, 0.4) is 0 Å². The Morgan fingerprint density at radius 3 is 2.90 bits per heavy atom. The standard InChI is InChI=1S/C25H26N4O/c1-17-3-6-22-7-4-21(20-5-8-24-27-18(2)14-28(24)15-20)16-29(22)25(30)13-23(17)19-9-11-26-12-10-19/h4-9,13-17,26H,3,10-12H2,1-2H3. The highest BCUT2D eigenvalue weighted by Crippen LogP contribution is 2.32. The van der Waals surface area contributed by atoms with Gasteiger partial charge in [-0.3, -0.25) is 9.69 Å². The predicted molar refractivity (Wildman–Crippen MR) is 119 cm³/mol. The number of rotatable bonds is 2. The molecule has 0 fully saturated rings. The molecule has 0 radical (unpaired) electrons. The molecule has 5 rings (SSSR count). The molecule has 152 valence electrons. The van der Waals surface area contributed by atoms with Crippen molar-refractivity contribution in [3.05, 3.63) is 89.2 Å². The van der Waals surface area contributed by atoms with Gasteiger partial charge in [-0.05, 0) is 72.7 Å². The lowest BCUT2D eigenvalue weighted by atomic mass is 9.86. The first-order chi connectivity index (χ1) is 14.6. The van der Waals surface area contributed by atoms with Crippen molar-refractivity contribution in [3.63, 3.8) is 0 Å². The second-order valence-electron chi connectivity index (χ2n) is 8.24. The van der Waals surface area contributed by atoms with Gasteiger partial charge in [0, 0.05) is 36.9 Å². The monoisotopic (exact) mass is 398 g/mol. The van der Waals surface area contributed by atoms with Gasteiger partial charge in [0.05, 0.1) is 5.69 Å². The van der Waals surface area contributed by atoms with E-state index in [1.807, 2.05) is 41.9 Å². The Bertz CT molecular complexity index is 1170. The molecule has 30 heavy (non-hydrogen) atoms. The van der Waals surface area contributed by atoms with Gasteiger partial charge in [-0.25, -0.2) is 4.98 Å². The Hall–Kier alpha value is -3.18. The van der Waals surface area contributed by atoms with Crippen molar-refractivity contribution in [2.75, 3.05) is 13.1 Å². The Balaban J connectivity index is 1.50. The summed E-state index contributed by atoms with van der Waals surface area (Å²) in [6.07, 6.45) is 18.3. The minimum absolute atomic E-state index is 0.0173. The van der Waals surface area contributed by atoms with Crippen LogP contribution in [0.2, 0.25) is 0 Å². The van der Waals surface area contributed by atoms with Gasteiger partial charge in [0.25, 0.3) is 5.91 Å². The van der Waals surface area contributed by atoms with Gasteiger partial charge >= 0.3 is 0 Å². The highest BCUT2D eigenvalue weighted by Gasteiger charge is 2.24. The fraction of sp³-hybridized carbons (Fsp3) is 0.280. The summed E-state index contributed by atoms with van der Waals surface area (Å²) in [7, 11) is 0. The highest BCUT2D eigenvalue weighted by atomic mass is 16.2. The number of carbonyl (C=O) groups is 1. The van der Waals surface area contributed by atoms with Crippen molar-refractivity contribution in [1.29, 1.82) is 0 Å². The Morgan fingerprint density at radius 1 is 1.17 bits per heavy atom. The predicted octanol–water partition coefficient (Wildman–Crippen LogP) is 4.15. The molecule has 5 nitrogen and oxygen atoms in total. The molecular weight excluding hydrogens is 372 g/mol. The molecule has 2 aromatic heterocycles. The molecule has 1 unspecified atom stereocenters. The first kappa shape index (κ1) is 18.8. The fourth-order valence-corrected chi connectivity index (χ4v) is 4.39. The molecule has 3 aliphatic heterocycles. The maximum Gasteiger partial charge on any atom is 0.255 e. The number of imidazole rings is 1. The molecule has 0 aromatic carbocycles. The molecule has 2 aromatic rings. The number of fused-ring (bicyclic) bond motifs is 2. The average Bonchev–Trinajstić information content (AvgIpc) is 3.14. The van der Waals surface area contributed by atoms with E-state index in [9.17, 15) is 4.79 Å². The van der Waals surface area contributed by atoms with E-state index in [0.717, 1.165) is 54.1 Å². The SMILES string of the molecule is Cc1cn2cc(C3=CN4C(=O)C=C(C5=CCNCC5)C(C)CC=C4C=C3)ccc2n1. The van der Waals surface area contributed by atoms with Crippen LogP contribution in [0.25, 0.3) is 11.2 Å². The summed E-state index contributed by atoms with van der Waals surface area (Å²) in [6.45, 7) is 6.05. The molecule has 1 atom stereocenters. The summed E-state index contributed by atoms with van der Waals surface area (Å²) in [5, 5.41) is 3.36. The number of nitrogens with zero attached hydrogens (tertiary/aromatic N) is 3. The minimum atomic E-state index is 0.0173. The van der Waals surface area contributed by atoms with Crippen molar-refractivity contribution < 1.29 is 4.79 Å². The van der Waals surface area contributed by atoms with Gasteiger partial charge in [0.2, 0.25) is 0 Å². The van der Waals surface area contributed by atoms with E-state index >= 15 is 0 Å². The second-order valence-corrected chi connectivity index (χ2v) is 8.24. The fourth-order valence-electron chi connectivity index (χ4n) is 4.39. The zero-order valence-corrected chi connectivity index (χ0v) is 17.4. The van der Waals surface area contributed by atoms with E-state index in [4.69, 9.17) is 0 Å². The number of hydrogen-bond acceptors (Lipinski definition) is 3. The van der Waals surface area contributed by atoms with Crippen molar-refractivity contribution in [1.82, 2.24) is 19.6 Å². The maximum atomic E-state index is 13.3. The van der Waals surface area contributed by atoms with E-state index in [0.29, 0.717) is 5.92 Å². The van der Waals surface area contributed by atoms with E-state index in [-0.39, 0.29) is 5.91 Å². The molecule has 0 spiro atoms. The Kier molecular flexibility index (Phi) is 4.75. The molecule has 1 amide bonds. The number of aromatic nitrogens is 2. The van der Waals surface area contributed by atoms with Crippen molar-refractivity contribution in [2.24, 2.45) is 5.92 Å². The molecule has 5 heterocycles. The lowest BCUT2D eigenvalue weighted by Gasteiger charge is -2.28. The van der Waals surface area contributed by atoms with E-state index in [1.54, 1.807) is 4.90 Å². The van der Waals surface area contributed by atoms with E-state index < -0.39 is 0 Å². The van der Waals surface area contributed by atoms with E-state index in [2.05, 4.69) is 47.7 Å². The van der Waals surface area contributed by atoms with Gasteiger partial charge in [0.15, 0.2) is 0 Å². The summed E-state index contributed by atoms with van der Waals surface area (Å²) in [5.74, 6) is 0.349. The quantitative estimate of drug-likeness (QED) is 0.827. The second kappa shape index (κ2) is 7.58. The van der Waals surface area contributed by atoms with Crippen molar-refractivity contribution in [3.8, 4) is 0 Å². The third-order valence-corrected chi connectivity index (χ3v) is 6.05. The summed E-state index contributed by atoms with van der Waals surface area (Å²) >= 11 is 0. The third kappa shape index (κ3) is 3.46. The Labute approximate surface area is 176 Å². The smallest absolute Gasteiger partial charge is 0.255 e. The van der Waals surface area contributed by atoms with Crippen molar-refractivity contribution >= 4 is 17.1 Å². The molecule has 3 aliphatic rings. The van der Waals surface area contributed by atoms with Crippen LogP contribution in [0.15, 0.2) is 77.9 Å². The first-order valence-electron chi connectivity index (χ1n) is 10.6. The normalized spacial score (nSPS) is 22.0. The van der Waals surface area contributed by atoms with Crippen LogP contribution < -0.4 is 5.32 Å². The summed E-state index contributed by atoms with van der Waals surface area (Å²) < 4.78 is 2.03. The van der Waals surface area contributed by atoms with Gasteiger partial charge in [-0.15, -0.1) is 0 Å². The van der Waals surface area contributed by atoms with Crippen LogP contribution in [0.1, 0.15) is 31.0 Å². The molecular formula is C25H26N4O. The zero-order valence-electron chi connectivity index (χ0n) is 17.4. The molecule has 1 N–H and O–H groups in total. The van der Waals surface area contributed by atoms with Crippen molar-refractivity contribution in [2.45, 2.75) is 26.7 Å². The van der Waals surface area contributed by atoms with Crippen LogP contribution in [0, 0.1) is 12.8 Å². The number of hydrogen-bond donors (Lipinski definition) is 1.